The highest BCUT2D eigenvalue weighted by Gasteiger charge is 2.14. The van der Waals surface area contributed by atoms with Crippen LogP contribution in [0.4, 0.5) is 0 Å². The van der Waals surface area contributed by atoms with Crippen LogP contribution in [0, 0.1) is 13.8 Å². The van der Waals surface area contributed by atoms with Gasteiger partial charge in [0, 0.05) is 23.7 Å². The molecule has 5 heteroatoms. The van der Waals surface area contributed by atoms with E-state index >= 15 is 0 Å². The molecule has 0 aliphatic rings. The van der Waals surface area contributed by atoms with E-state index in [2.05, 4.69) is 28.3 Å². The number of aromatic nitrogens is 3. The molecular weight excluding hydrogens is 302 g/mol. The number of aryl methyl sites for hydroxylation is 1. The third kappa shape index (κ3) is 3.15. The van der Waals surface area contributed by atoms with Gasteiger partial charge in [-0.15, -0.1) is 0 Å². The first-order chi connectivity index (χ1) is 11.6. The van der Waals surface area contributed by atoms with Crippen LogP contribution in [0.2, 0.25) is 0 Å². The number of ether oxygens (including phenoxy) is 1. The van der Waals surface area contributed by atoms with Crippen molar-refractivity contribution in [2.75, 3.05) is 7.11 Å². The van der Waals surface area contributed by atoms with Crippen molar-refractivity contribution in [2.24, 2.45) is 0 Å². The van der Waals surface area contributed by atoms with E-state index in [0.29, 0.717) is 19.4 Å². The zero-order valence-corrected chi connectivity index (χ0v) is 14.2. The Bertz CT molecular complexity index is 878. The number of nitrogens with zero attached hydrogens (tertiary/aromatic N) is 3. The molecule has 0 aliphatic carbocycles. The molecule has 1 aromatic carbocycles. The molecule has 124 valence electrons. The minimum Gasteiger partial charge on any atom is -0.469 e. The van der Waals surface area contributed by atoms with Gasteiger partial charge in [0.1, 0.15) is 0 Å². The summed E-state index contributed by atoms with van der Waals surface area (Å²) >= 11 is 0. The van der Waals surface area contributed by atoms with E-state index in [4.69, 9.17) is 4.74 Å². The number of carbonyl (C=O) groups is 1. The second-order valence-corrected chi connectivity index (χ2v) is 5.88. The molecule has 24 heavy (non-hydrogen) atoms. The molecular formula is C19H21N3O2. The first kappa shape index (κ1) is 16.2. The topological polar surface area (TPSA) is 57.0 Å². The van der Waals surface area contributed by atoms with Crippen molar-refractivity contribution in [1.82, 2.24) is 14.8 Å². The van der Waals surface area contributed by atoms with Gasteiger partial charge in [-0.05, 0) is 37.5 Å². The van der Waals surface area contributed by atoms with Crippen LogP contribution in [-0.2, 0) is 22.5 Å². The maximum absolute atomic E-state index is 11.4. The standard InChI is InChI=1S/C19H21N3O2/c1-13-17(9-10-18(23)24-3)14(2)22(21-13)12-16-7-4-6-15-8-5-11-20-19(15)16/h4-8,11H,9-10,12H2,1-3H3. The Morgan fingerprint density at radius 2 is 2.00 bits per heavy atom. The second-order valence-electron chi connectivity index (χ2n) is 5.88. The number of benzene rings is 1. The van der Waals surface area contributed by atoms with Gasteiger partial charge in [0.15, 0.2) is 0 Å². The van der Waals surface area contributed by atoms with Gasteiger partial charge >= 0.3 is 5.97 Å². The highest BCUT2D eigenvalue weighted by Crippen LogP contribution is 2.20. The number of hydrogen-bond donors (Lipinski definition) is 0. The molecule has 0 aliphatic heterocycles. The van der Waals surface area contributed by atoms with E-state index in [1.165, 1.54) is 7.11 Å². The predicted octanol–water partition coefficient (Wildman–Crippen LogP) is 3.20. The summed E-state index contributed by atoms with van der Waals surface area (Å²) in [5.74, 6) is -0.195. The molecule has 2 heterocycles. The largest absolute Gasteiger partial charge is 0.469 e. The Morgan fingerprint density at radius 1 is 1.21 bits per heavy atom. The van der Waals surface area contributed by atoms with Gasteiger partial charge in [-0.2, -0.15) is 5.10 Å². The fourth-order valence-electron chi connectivity index (χ4n) is 3.04. The Kier molecular flexibility index (Phi) is 4.60. The van der Waals surface area contributed by atoms with Crippen molar-refractivity contribution in [1.29, 1.82) is 0 Å². The highest BCUT2D eigenvalue weighted by molar-refractivity contribution is 5.81. The number of methoxy groups -OCH3 is 1. The third-order valence-electron chi connectivity index (χ3n) is 4.37. The number of rotatable bonds is 5. The summed E-state index contributed by atoms with van der Waals surface area (Å²) in [6, 6.07) is 10.2. The van der Waals surface area contributed by atoms with Crippen molar-refractivity contribution in [2.45, 2.75) is 33.2 Å². The van der Waals surface area contributed by atoms with E-state index in [9.17, 15) is 4.79 Å². The van der Waals surface area contributed by atoms with Gasteiger partial charge in [0.05, 0.1) is 24.9 Å². The van der Waals surface area contributed by atoms with Crippen LogP contribution in [0.15, 0.2) is 36.5 Å². The van der Waals surface area contributed by atoms with Gasteiger partial charge in [-0.3, -0.25) is 14.5 Å². The maximum atomic E-state index is 11.4. The quantitative estimate of drug-likeness (QED) is 0.677. The molecule has 2 aromatic heterocycles. The van der Waals surface area contributed by atoms with Crippen molar-refractivity contribution in [3.63, 3.8) is 0 Å². The lowest BCUT2D eigenvalue weighted by Gasteiger charge is -2.08. The first-order valence-corrected chi connectivity index (χ1v) is 8.02. The summed E-state index contributed by atoms with van der Waals surface area (Å²) in [7, 11) is 1.42. The molecule has 5 nitrogen and oxygen atoms in total. The Balaban J connectivity index is 1.89. The molecule has 0 spiro atoms. The van der Waals surface area contributed by atoms with Gasteiger partial charge < -0.3 is 4.74 Å². The van der Waals surface area contributed by atoms with Crippen LogP contribution in [0.3, 0.4) is 0 Å². The Hall–Kier alpha value is -2.69. The van der Waals surface area contributed by atoms with Gasteiger partial charge in [-0.1, -0.05) is 24.3 Å². The average molecular weight is 323 g/mol. The van der Waals surface area contributed by atoms with Gasteiger partial charge in [-0.25, -0.2) is 0 Å². The molecule has 0 N–H and O–H groups in total. The predicted molar refractivity (Wildman–Crippen MR) is 92.9 cm³/mol. The molecule has 3 rings (SSSR count). The number of hydrogen-bond acceptors (Lipinski definition) is 4. The van der Waals surface area contributed by atoms with Crippen LogP contribution in [0.5, 0.6) is 0 Å². The second kappa shape index (κ2) is 6.83. The summed E-state index contributed by atoms with van der Waals surface area (Å²) in [6.45, 7) is 4.70. The summed E-state index contributed by atoms with van der Waals surface area (Å²) in [4.78, 5) is 15.9. The van der Waals surface area contributed by atoms with Crippen molar-refractivity contribution in [3.8, 4) is 0 Å². The van der Waals surface area contributed by atoms with Crippen molar-refractivity contribution in [3.05, 3.63) is 59.0 Å². The SMILES string of the molecule is COC(=O)CCc1c(C)nn(Cc2cccc3cccnc23)c1C. The number of carbonyl (C=O) groups excluding carboxylic acids is 1. The van der Waals surface area contributed by atoms with Crippen LogP contribution in [0.25, 0.3) is 10.9 Å². The smallest absolute Gasteiger partial charge is 0.305 e. The number of para-hydroxylation sites is 1. The number of pyridine rings is 1. The Labute approximate surface area is 141 Å². The normalized spacial score (nSPS) is 11.0. The average Bonchev–Trinajstić information content (AvgIpc) is 2.86. The fraction of sp³-hybridized carbons (Fsp3) is 0.316. The molecule has 3 aromatic rings. The lowest BCUT2D eigenvalue weighted by Crippen LogP contribution is -2.06. The number of fused-ring (bicyclic) bond motifs is 1. The van der Waals surface area contributed by atoms with E-state index < -0.39 is 0 Å². The number of esters is 1. The maximum Gasteiger partial charge on any atom is 0.305 e. The van der Waals surface area contributed by atoms with E-state index in [-0.39, 0.29) is 5.97 Å². The summed E-state index contributed by atoms with van der Waals surface area (Å²) in [5.41, 5.74) is 5.31. The fourth-order valence-corrected chi connectivity index (χ4v) is 3.04. The summed E-state index contributed by atoms with van der Waals surface area (Å²) in [5, 5.41) is 5.78. The van der Waals surface area contributed by atoms with Crippen LogP contribution in [0.1, 0.15) is 28.9 Å². The monoisotopic (exact) mass is 323 g/mol. The molecule has 0 atom stereocenters. The van der Waals surface area contributed by atoms with Gasteiger partial charge in [0.2, 0.25) is 0 Å². The third-order valence-corrected chi connectivity index (χ3v) is 4.37. The highest BCUT2D eigenvalue weighted by atomic mass is 16.5. The van der Waals surface area contributed by atoms with Crippen LogP contribution >= 0.6 is 0 Å². The molecule has 0 saturated carbocycles. The molecule has 0 radical (unpaired) electrons. The van der Waals surface area contributed by atoms with E-state index in [0.717, 1.165) is 33.4 Å². The zero-order valence-electron chi connectivity index (χ0n) is 14.2. The minimum atomic E-state index is -0.195. The minimum absolute atomic E-state index is 0.195. The molecule has 0 amide bonds. The van der Waals surface area contributed by atoms with Crippen molar-refractivity contribution < 1.29 is 9.53 Å². The first-order valence-electron chi connectivity index (χ1n) is 8.02. The van der Waals surface area contributed by atoms with Crippen molar-refractivity contribution >= 4 is 16.9 Å². The molecule has 0 unspecified atom stereocenters. The lowest BCUT2D eigenvalue weighted by atomic mass is 10.1. The lowest BCUT2D eigenvalue weighted by molar-refractivity contribution is -0.140. The van der Waals surface area contributed by atoms with Crippen LogP contribution in [-0.4, -0.2) is 27.8 Å². The summed E-state index contributed by atoms with van der Waals surface area (Å²) < 4.78 is 6.72. The Morgan fingerprint density at radius 3 is 2.79 bits per heavy atom. The summed E-state index contributed by atoms with van der Waals surface area (Å²) in [6.07, 6.45) is 2.84. The van der Waals surface area contributed by atoms with Gasteiger partial charge in [0.25, 0.3) is 0 Å². The molecule has 0 bridgehead atoms. The molecule has 0 fully saturated rings. The van der Waals surface area contributed by atoms with Crippen LogP contribution < -0.4 is 0 Å². The van der Waals surface area contributed by atoms with E-state index in [1.54, 1.807) is 0 Å². The molecule has 0 saturated heterocycles. The zero-order chi connectivity index (χ0) is 17.1. The van der Waals surface area contributed by atoms with E-state index in [1.807, 2.05) is 36.9 Å².